The maximum Gasteiger partial charge on any atom is 0.320 e. The number of hydrogen-bond acceptors (Lipinski definition) is 5. The third kappa shape index (κ3) is 3.75. The Morgan fingerprint density at radius 2 is 2.26 bits per heavy atom. The second-order valence-electron chi connectivity index (χ2n) is 3.60. The van der Waals surface area contributed by atoms with Gasteiger partial charge in [0.15, 0.2) is 5.82 Å². The Morgan fingerprint density at radius 3 is 2.95 bits per heavy atom. The molecule has 0 saturated carbocycles. The normalized spacial score (nSPS) is 10.2. The zero-order chi connectivity index (χ0) is 13.7. The van der Waals surface area contributed by atoms with Crippen molar-refractivity contribution in [3.63, 3.8) is 0 Å². The van der Waals surface area contributed by atoms with Crippen LogP contribution in [0.5, 0.6) is 0 Å². The maximum atomic E-state index is 11.6. The first-order valence-corrected chi connectivity index (χ1v) is 6.42. The van der Waals surface area contributed by atoms with E-state index in [4.69, 9.17) is 4.42 Å². The molecule has 0 fully saturated rings. The highest BCUT2D eigenvalue weighted by Gasteiger charge is 2.08. The minimum atomic E-state index is -0.393. The molecule has 0 saturated heterocycles. The van der Waals surface area contributed by atoms with Crippen LogP contribution in [0.15, 0.2) is 27.6 Å². The van der Waals surface area contributed by atoms with Crippen LogP contribution in [0.4, 0.5) is 10.6 Å². The summed E-state index contributed by atoms with van der Waals surface area (Å²) in [5, 5.41) is 5.21. The summed E-state index contributed by atoms with van der Waals surface area (Å²) in [6, 6.07) is -0.393. The summed E-state index contributed by atoms with van der Waals surface area (Å²) in [4.78, 5) is 23.4. The van der Waals surface area contributed by atoms with Crippen molar-refractivity contribution < 1.29 is 9.21 Å². The van der Waals surface area contributed by atoms with E-state index < -0.39 is 6.03 Å². The standard InChI is InChI=1S/C11H12BrN5O2/c1-2-7-3-14-9(19-7)5-15-11(18)17-10-8(12)4-13-6-16-10/h3-4,6H,2,5H2,1H3,(H2,13,15,16,17,18). The summed E-state index contributed by atoms with van der Waals surface area (Å²) in [5.41, 5.74) is 0. The SMILES string of the molecule is CCc1cnc(CNC(=O)Nc2ncncc2Br)o1. The number of oxazole rings is 1. The maximum absolute atomic E-state index is 11.6. The number of halogens is 1. The summed E-state index contributed by atoms with van der Waals surface area (Å²) in [6.07, 6.45) is 5.31. The van der Waals surface area contributed by atoms with Crippen molar-refractivity contribution >= 4 is 27.8 Å². The predicted octanol–water partition coefficient (Wildman–Crippen LogP) is 2.11. The molecule has 0 aliphatic rings. The van der Waals surface area contributed by atoms with Crippen molar-refractivity contribution in [3.8, 4) is 0 Å². The van der Waals surface area contributed by atoms with Gasteiger partial charge in [0.25, 0.3) is 0 Å². The number of rotatable bonds is 4. The van der Waals surface area contributed by atoms with Crippen LogP contribution < -0.4 is 10.6 Å². The van der Waals surface area contributed by atoms with E-state index in [9.17, 15) is 4.79 Å². The summed E-state index contributed by atoms with van der Waals surface area (Å²) >= 11 is 3.24. The summed E-state index contributed by atoms with van der Waals surface area (Å²) in [7, 11) is 0. The van der Waals surface area contributed by atoms with Gasteiger partial charge in [0, 0.05) is 12.6 Å². The Bertz CT molecular complexity index is 572. The van der Waals surface area contributed by atoms with Gasteiger partial charge >= 0.3 is 6.03 Å². The van der Waals surface area contributed by atoms with Gasteiger partial charge in [-0.05, 0) is 15.9 Å². The van der Waals surface area contributed by atoms with Crippen LogP contribution in [0.3, 0.4) is 0 Å². The van der Waals surface area contributed by atoms with Gasteiger partial charge in [-0.3, -0.25) is 5.32 Å². The lowest BCUT2D eigenvalue weighted by atomic mass is 10.4. The van der Waals surface area contributed by atoms with Crippen molar-refractivity contribution in [2.75, 3.05) is 5.32 Å². The molecular weight excluding hydrogens is 314 g/mol. The molecular formula is C11H12BrN5O2. The molecule has 0 bridgehead atoms. The Kier molecular flexibility index (Phi) is 4.45. The van der Waals surface area contributed by atoms with Gasteiger partial charge in [-0.2, -0.15) is 0 Å². The molecule has 2 aromatic heterocycles. The van der Waals surface area contributed by atoms with E-state index in [0.717, 1.165) is 12.2 Å². The van der Waals surface area contributed by atoms with Crippen LogP contribution in [-0.2, 0) is 13.0 Å². The number of nitrogens with one attached hydrogen (secondary N) is 2. The third-order valence-corrected chi connectivity index (χ3v) is 2.83. The van der Waals surface area contributed by atoms with E-state index in [1.165, 1.54) is 6.33 Å². The molecule has 0 aromatic carbocycles. The number of aromatic nitrogens is 3. The van der Waals surface area contributed by atoms with Gasteiger partial charge in [-0.25, -0.2) is 19.7 Å². The number of hydrogen-bond donors (Lipinski definition) is 2. The molecule has 0 aliphatic heterocycles. The first-order valence-electron chi connectivity index (χ1n) is 5.63. The summed E-state index contributed by atoms with van der Waals surface area (Å²) < 4.78 is 5.97. The Labute approximate surface area is 118 Å². The Balaban J connectivity index is 1.86. The third-order valence-electron chi connectivity index (χ3n) is 2.25. The van der Waals surface area contributed by atoms with Gasteiger partial charge in [0.1, 0.15) is 12.1 Å². The molecule has 8 heteroatoms. The van der Waals surface area contributed by atoms with E-state index in [-0.39, 0.29) is 6.54 Å². The molecule has 0 spiro atoms. The lowest BCUT2D eigenvalue weighted by molar-refractivity contribution is 0.250. The molecule has 0 atom stereocenters. The molecule has 2 heterocycles. The lowest BCUT2D eigenvalue weighted by Gasteiger charge is -2.06. The zero-order valence-corrected chi connectivity index (χ0v) is 11.8. The highest BCUT2D eigenvalue weighted by Crippen LogP contribution is 2.16. The van der Waals surface area contributed by atoms with E-state index in [2.05, 4.69) is 41.5 Å². The van der Waals surface area contributed by atoms with Crippen LogP contribution in [-0.4, -0.2) is 21.0 Å². The van der Waals surface area contributed by atoms with Crippen molar-refractivity contribution in [3.05, 3.63) is 34.8 Å². The van der Waals surface area contributed by atoms with Gasteiger partial charge in [-0.15, -0.1) is 0 Å². The fraction of sp³-hybridized carbons (Fsp3) is 0.273. The van der Waals surface area contributed by atoms with Crippen LogP contribution in [0.2, 0.25) is 0 Å². The Hall–Kier alpha value is -1.96. The largest absolute Gasteiger partial charge is 0.444 e. The van der Waals surface area contributed by atoms with Gasteiger partial charge < -0.3 is 9.73 Å². The lowest BCUT2D eigenvalue weighted by Crippen LogP contribution is -2.28. The molecule has 0 unspecified atom stereocenters. The molecule has 0 radical (unpaired) electrons. The average molecular weight is 326 g/mol. The van der Waals surface area contributed by atoms with E-state index in [1.807, 2.05) is 6.92 Å². The minimum Gasteiger partial charge on any atom is -0.444 e. The quantitative estimate of drug-likeness (QED) is 0.898. The van der Waals surface area contributed by atoms with Crippen molar-refractivity contribution in [1.82, 2.24) is 20.3 Å². The van der Waals surface area contributed by atoms with Gasteiger partial charge in [-0.1, -0.05) is 6.92 Å². The fourth-order valence-electron chi connectivity index (χ4n) is 1.31. The van der Waals surface area contributed by atoms with E-state index in [0.29, 0.717) is 16.2 Å². The van der Waals surface area contributed by atoms with Crippen LogP contribution in [0.1, 0.15) is 18.6 Å². The number of aryl methyl sites for hydroxylation is 1. The highest BCUT2D eigenvalue weighted by molar-refractivity contribution is 9.10. The monoisotopic (exact) mass is 325 g/mol. The van der Waals surface area contributed by atoms with Crippen molar-refractivity contribution in [2.45, 2.75) is 19.9 Å². The fourth-order valence-corrected chi connectivity index (χ4v) is 1.63. The second-order valence-corrected chi connectivity index (χ2v) is 4.46. The summed E-state index contributed by atoms with van der Waals surface area (Å²) in [6.45, 7) is 2.19. The van der Waals surface area contributed by atoms with E-state index >= 15 is 0 Å². The molecule has 2 aromatic rings. The number of carbonyl (C=O) groups is 1. The van der Waals surface area contributed by atoms with Gasteiger partial charge in [0.05, 0.1) is 17.2 Å². The topological polar surface area (TPSA) is 92.9 Å². The average Bonchev–Trinajstić information content (AvgIpc) is 2.87. The van der Waals surface area contributed by atoms with E-state index in [1.54, 1.807) is 12.4 Å². The second kappa shape index (κ2) is 6.28. The minimum absolute atomic E-state index is 0.217. The molecule has 7 nitrogen and oxygen atoms in total. The molecule has 2 amide bonds. The van der Waals surface area contributed by atoms with Gasteiger partial charge in [0.2, 0.25) is 5.89 Å². The van der Waals surface area contributed by atoms with Crippen molar-refractivity contribution in [1.29, 1.82) is 0 Å². The number of carbonyl (C=O) groups excluding carboxylic acids is 1. The Morgan fingerprint density at radius 1 is 1.42 bits per heavy atom. The number of urea groups is 1. The molecule has 2 rings (SSSR count). The number of anilines is 1. The molecule has 100 valence electrons. The van der Waals surface area contributed by atoms with Crippen molar-refractivity contribution in [2.24, 2.45) is 0 Å². The predicted molar refractivity (Wildman–Crippen MR) is 71.5 cm³/mol. The number of nitrogens with zero attached hydrogens (tertiary/aromatic N) is 3. The summed E-state index contributed by atoms with van der Waals surface area (Å²) in [5.74, 6) is 1.65. The number of amides is 2. The zero-order valence-electron chi connectivity index (χ0n) is 10.2. The van der Waals surface area contributed by atoms with Crippen LogP contribution in [0.25, 0.3) is 0 Å². The van der Waals surface area contributed by atoms with Crippen LogP contribution >= 0.6 is 15.9 Å². The first kappa shape index (κ1) is 13.5. The first-order chi connectivity index (χ1) is 9.19. The smallest absolute Gasteiger partial charge is 0.320 e. The molecule has 0 aliphatic carbocycles. The molecule has 2 N–H and O–H groups in total. The molecule has 19 heavy (non-hydrogen) atoms. The van der Waals surface area contributed by atoms with Crippen LogP contribution in [0, 0.1) is 0 Å². The highest BCUT2D eigenvalue weighted by atomic mass is 79.9.